The molecule has 0 aliphatic carbocycles. The van der Waals surface area contributed by atoms with Crippen molar-refractivity contribution in [1.29, 1.82) is 0 Å². The van der Waals surface area contributed by atoms with E-state index in [-0.39, 0.29) is 17.9 Å². The predicted octanol–water partition coefficient (Wildman–Crippen LogP) is 2.38. The van der Waals surface area contributed by atoms with Gasteiger partial charge in [-0.05, 0) is 23.5 Å². The Hall–Kier alpha value is -1.05. The van der Waals surface area contributed by atoms with Crippen LogP contribution in [0.15, 0.2) is 17.0 Å². The Morgan fingerprint density at radius 2 is 1.86 bits per heavy atom. The van der Waals surface area contributed by atoms with Gasteiger partial charge in [-0.3, -0.25) is 0 Å². The molecule has 0 heterocycles. The van der Waals surface area contributed by atoms with Crippen molar-refractivity contribution in [2.75, 3.05) is 6.54 Å². The number of halogens is 2. The number of nitrogens with one attached hydrogen (secondary N) is 1. The topological polar surface area (TPSA) is 72.2 Å². The second-order valence-electron chi connectivity index (χ2n) is 6.16. The van der Waals surface area contributed by atoms with E-state index in [1.165, 1.54) is 0 Å². The summed E-state index contributed by atoms with van der Waals surface area (Å²) < 4.78 is 54.1. The van der Waals surface area contributed by atoms with Crippen LogP contribution in [0.25, 0.3) is 0 Å². The molecule has 4 nitrogen and oxygen atoms in total. The maximum atomic E-state index is 14.0. The third kappa shape index (κ3) is 4.21. The lowest BCUT2D eigenvalue weighted by atomic mass is 9.82. The molecule has 0 aromatic heterocycles. The Morgan fingerprint density at radius 1 is 1.29 bits per heavy atom. The monoisotopic (exact) mass is 320 g/mol. The van der Waals surface area contributed by atoms with Crippen molar-refractivity contribution in [2.45, 2.75) is 39.1 Å². The summed E-state index contributed by atoms with van der Waals surface area (Å²) in [7, 11) is -4.04. The van der Waals surface area contributed by atoms with Gasteiger partial charge >= 0.3 is 0 Å². The van der Waals surface area contributed by atoms with Gasteiger partial charge in [-0.1, -0.05) is 27.7 Å². The minimum atomic E-state index is -4.04. The molecule has 0 saturated heterocycles. The van der Waals surface area contributed by atoms with Gasteiger partial charge < -0.3 is 5.73 Å². The van der Waals surface area contributed by atoms with Crippen LogP contribution in [0.3, 0.4) is 0 Å². The predicted molar refractivity (Wildman–Crippen MR) is 78.1 cm³/mol. The van der Waals surface area contributed by atoms with Gasteiger partial charge in [0.05, 0.1) is 0 Å². The van der Waals surface area contributed by atoms with Crippen molar-refractivity contribution < 1.29 is 17.2 Å². The molecule has 0 fully saturated rings. The van der Waals surface area contributed by atoms with Crippen molar-refractivity contribution in [3.63, 3.8) is 0 Å². The zero-order chi connectivity index (χ0) is 16.4. The van der Waals surface area contributed by atoms with Crippen molar-refractivity contribution in [3.8, 4) is 0 Å². The summed E-state index contributed by atoms with van der Waals surface area (Å²) in [4.78, 5) is -0.578. The zero-order valence-electron chi connectivity index (χ0n) is 12.7. The van der Waals surface area contributed by atoms with Crippen LogP contribution in [0.5, 0.6) is 0 Å². The van der Waals surface area contributed by atoms with Crippen LogP contribution in [0.1, 0.15) is 33.3 Å². The fourth-order valence-electron chi connectivity index (χ4n) is 1.59. The molecule has 0 aliphatic heterocycles. The molecule has 1 unspecified atom stereocenters. The highest BCUT2D eigenvalue weighted by molar-refractivity contribution is 7.89. The van der Waals surface area contributed by atoms with E-state index in [9.17, 15) is 17.2 Å². The van der Waals surface area contributed by atoms with E-state index >= 15 is 0 Å². The maximum absolute atomic E-state index is 14.0. The van der Waals surface area contributed by atoms with Crippen LogP contribution in [0, 0.1) is 23.0 Å². The van der Waals surface area contributed by atoms with Crippen LogP contribution in [0.4, 0.5) is 8.78 Å². The summed E-state index contributed by atoms with van der Waals surface area (Å²) in [6.45, 7) is 7.61. The fourth-order valence-corrected chi connectivity index (χ4v) is 2.82. The van der Waals surface area contributed by atoms with Gasteiger partial charge in [0.1, 0.15) is 10.7 Å². The number of sulfonamides is 1. The third-order valence-corrected chi connectivity index (χ3v) is 5.14. The van der Waals surface area contributed by atoms with Crippen LogP contribution in [-0.2, 0) is 16.6 Å². The average molecular weight is 320 g/mol. The molecule has 3 N–H and O–H groups in total. The molecule has 1 aromatic carbocycles. The number of hydrogen-bond donors (Lipinski definition) is 2. The SMILES string of the molecule is CC(CNS(=O)(=O)c1ccc(F)c(CN)c1F)C(C)(C)C. The summed E-state index contributed by atoms with van der Waals surface area (Å²) in [5.41, 5.74) is 4.73. The highest BCUT2D eigenvalue weighted by Crippen LogP contribution is 2.25. The van der Waals surface area contributed by atoms with E-state index in [0.717, 1.165) is 12.1 Å². The molecule has 0 bridgehead atoms. The van der Waals surface area contributed by atoms with Gasteiger partial charge in [-0.15, -0.1) is 0 Å². The zero-order valence-corrected chi connectivity index (χ0v) is 13.5. The normalized spacial score (nSPS) is 14.2. The van der Waals surface area contributed by atoms with Crippen molar-refractivity contribution >= 4 is 10.0 Å². The lowest BCUT2D eigenvalue weighted by Crippen LogP contribution is -2.34. The minimum absolute atomic E-state index is 0.0461. The number of nitrogens with two attached hydrogens (primary N) is 1. The molecular weight excluding hydrogens is 298 g/mol. The second-order valence-corrected chi connectivity index (χ2v) is 7.90. The molecule has 1 aromatic rings. The van der Waals surface area contributed by atoms with Gasteiger partial charge in [-0.25, -0.2) is 21.9 Å². The van der Waals surface area contributed by atoms with Crippen molar-refractivity contribution in [2.24, 2.45) is 17.1 Å². The Balaban J connectivity index is 3.05. The lowest BCUT2D eigenvalue weighted by molar-refractivity contribution is 0.263. The summed E-state index contributed by atoms with van der Waals surface area (Å²) in [6.07, 6.45) is 0. The molecule has 0 aliphatic rings. The first-order valence-corrected chi connectivity index (χ1v) is 8.15. The molecule has 1 atom stereocenters. The van der Waals surface area contributed by atoms with Crippen LogP contribution in [-0.4, -0.2) is 15.0 Å². The summed E-state index contributed by atoms with van der Waals surface area (Å²) >= 11 is 0. The van der Waals surface area contributed by atoms with E-state index in [4.69, 9.17) is 5.73 Å². The summed E-state index contributed by atoms with van der Waals surface area (Å²) in [5.74, 6) is -1.94. The first kappa shape index (κ1) is 18.0. The van der Waals surface area contributed by atoms with Crippen molar-refractivity contribution in [1.82, 2.24) is 4.72 Å². The molecule has 1 rings (SSSR count). The molecule has 0 saturated carbocycles. The van der Waals surface area contributed by atoms with Gasteiger partial charge in [0.15, 0.2) is 5.82 Å². The minimum Gasteiger partial charge on any atom is -0.326 e. The van der Waals surface area contributed by atoms with E-state index in [0.29, 0.717) is 0 Å². The van der Waals surface area contributed by atoms with Gasteiger partial charge in [0, 0.05) is 18.7 Å². The van der Waals surface area contributed by atoms with Crippen molar-refractivity contribution in [3.05, 3.63) is 29.3 Å². The Kier molecular flexibility index (Phi) is 5.46. The smallest absolute Gasteiger partial charge is 0.243 e. The van der Waals surface area contributed by atoms with E-state index in [1.807, 2.05) is 27.7 Å². The number of hydrogen-bond acceptors (Lipinski definition) is 3. The lowest BCUT2D eigenvalue weighted by Gasteiger charge is -2.27. The van der Waals surface area contributed by atoms with E-state index < -0.39 is 38.7 Å². The molecule has 0 spiro atoms. The molecular formula is C14H22F2N2O2S. The third-order valence-electron chi connectivity index (χ3n) is 3.70. The van der Waals surface area contributed by atoms with Gasteiger partial charge in [0.25, 0.3) is 0 Å². The summed E-state index contributed by atoms with van der Waals surface area (Å²) in [6, 6.07) is 1.82. The second kappa shape index (κ2) is 6.37. The molecule has 21 heavy (non-hydrogen) atoms. The summed E-state index contributed by atoms with van der Waals surface area (Å²) in [5, 5.41) is 0. The Bertz CT molecular complexity index is 610. The maximum Gasteiger partial charge on any atom is 0.243 e. The first-order valence-electron chi connectivity index (χ1n) is 6.67. The standard InChI is InChI=1S/C14H22F2N2O2S/c1-9(14(2,3)4)8-18-21(19,20)12-6-5-11(15)10(7-17)13(12)16/h5-6,9,18H,7-8,17H2,1-4H3. The molecule has 120 valence electrons. The number of rotatable bonds is 5. The van der Waals surface area contributed by atoms with Crippen LogP contribution in [0.2, 0.25) is 0 Å². The highest BCUT2D eigenvalue weighted by Gasteiger charge is 2.26. The molecule has 7 heteroatoms. The molecule has 0 radical (unpaired) electrons. The Morgan fingerprint density at radius 3 is 2.33 bits per heavy atom. The Labute approximate surface area is 124 Å². The largest absolute Gasteiger partial charge is 0.326 e. The van der Waals surface area contributed by atoms with Gasteiger partial charge in [0.2, 0.25) is 10.0 Å². The van der Waals surface area contributed by atoms with Crippen LogP contribution >= 0.6 is 0 Å². The van der Waals surface area contributed by atoms with Crippen LogP contribution < -0.4 is 10.5 Å². The van der Waals surface area contributed by atoms with E-state index in [1.54, 1.807) is 0 Å². The highest BCUT2D eigenvalue weighted by atomic mass is 32.2. The molecule has 0 amide bonds. The van der Waals surface area contributed by atoms with Gasteiger partial charge in [-0.2, -0.15) is 0 Å². The number of benzene rings is 1. The quantitative estimate of drug-likeness (QED) is 0.875. The average Bonchev–Trinajstić information content (AvgIpc) is 2.35. The van der Waals surface area contributed by atoms with E-state index in [2.05, 4.69) is 4.72 Å². The first-order chi connectivity index (χ1) is 9.50. The fraction of sp³-hybridized carbons (Fsp3) is 0.571.